The predicted molar refractivity (Wildman–Crippen MR) is 116 cm³/mol. The Hall–Kier alpha value is -0.870. The maximum Gasteiger partial charge on any atom is 0.217 e. The third-order valence-corrected chi connectivity index (χ3v) is 5.44. The SMILES string of the molecule is CN=C(NCC(c1cccs1)N(C)C)N1CCCC(CC(N)=O)C1.I. The van der Waals surface area contributed by atoms with Crippen molar-refractivity contribution < 1.29 is 4.79 Å². The fraction of sp³-hybridized carbons (Fsp3) is 0.647. The molecule has 1 aromatic rings. The third-order valence-electron chi connectivity index (χ3n) is 4.47. The van der Waals surface area contributed by atoms with Gasteiger partial charge in [-0.1, -0.05) is 6.07 Å². The fourth-order valence-electron chi connectivity index (χ4n) is 3.25. The summed E-state index contributed by atoms with van der Waals surface area (Å²) in [4.78, 5) is 21.4. The zero-order valence-corrected chi connectivity index (χ0v) is 18.4. The molecule has 6 nitrogen and oxygen atoms in total. The van der Waals surface area contributed by atoms with Gasteiger partial charge in [-0.3, -0.25) is 9.79 Å². The largest absolute Gasteiger partial charge is 0.370 e. The minimum Gasteiger partial charge on any atom is -0.370 e. The first kappa shape index (κ1) is 22.2. The van der Waals surface area contributed by atoms with Crippen LogP contribution in [0.5, 0.6) is 0 Å². The number of piperidine rings is 1. The molecule has 2 atom stereocenters. The van der Waals surface area contributed by atoms with E-state index < -0.39 is 0 Å². The van der Waals surface area contributed by atoms with Crippen molar-refractivity contribution in [3.05, 3.63) is 22.4 Å². The van der Waals surface area contributed by atoms with Gasteiger partial charge in [0.05, 0.1) is 6.04 Å². The third kappa shape index (κ3) is 6.74. The Morgan fingerprint density at radius 1 is 1.56 bits per heavy atom. The summed E-state index contributed by atoms with van der Waals surface area (Å²) in [6.45, 7) is 2.62. The second kappa shape index (κ2) is 11.0. The van der Waals surface area contributed by atoms with E-state index in [1.54, 1.807) is 11.3 Å². The number of halogens is 1. The smallest absolute Gasteiger partial charge is 0.217 e. The summed E-state index contributed by atoms with van der Waals surface area (Å²) in [5.74, 6) is 1.03. The van der Waals surface area contributed by atoms with Crippen molar-refractivity contribution in [1.82, 2.24) is 15.1 Å². The first-order valence-electron chi connectivity index (χ1n) is 8.45. The van der Waals surface area contributed by atoms with E-state index in [0.29, 0.717) is 18.4 Å². The first-order chi connectivity index (χ1) is 11.5. The van der Waals surface area contributed by atoms with E-state index in [2.05, 4.69) is 51.7 Å². The summed E-state index contributed by atoms with van der Waals surface area (Å²) in [5.41, 5.74) is 5.36. The first-order valence-corrected chi connectivity index (χ1v) is 9.33. The number of guanidine groups is 1. The lowest BCUT2D eigenvalue weighted by Gasteiger charge is -2.35. The quantitative estimate of drug-likeness (QED) is 0.373. The van der Waals surface area contributed by atoms with Gasteiger partial charge in [0.2, 0.25) is 5.91 Å². The molecule has 1 amide bonds. The summed E-state index contributed by atoms with van der Waals surface area (Å²) in [7, 11) is 6.01. The highest BCUT2D eigenvalue weighted by Crippen LogP contribution is 2.23. The molecule has 0 aromatic carbocycles. The number of amides is 1. The van der Waals surface area contributed by atoms with E-state index in [4.69, 9.17) is 5.73 Å². The lowest BCUT2D eigenvalue weighted by atomic mass is 9.95. The van der Waals surface area contributed by atoms with E-state index in [9.17, 15) is 4.79 Å². The van der Waals surface area contributed by atoms with Gasteiger partial charge in [0.15, 0.2) is 5.96 Å². The van der Waals surface area contributed by atoms with Gasteiger partial charge in [-0.15, -0.1) is 35.3 Å². The Morgan fingerprint density at radius 3 is 2.88 bits per heavy atom. The highest BCUT2D eigenvalue weighted by atomic mass is 127. The molecule has 1 aliphatic rings. The van der Waals surface area contributed by atoms with Crippen LogP contribution in [0, 0.1) is 5.92 Å². The van der Waals surface area contributed by atoms with Gasteiger partial charge in [0, 0.05) is 38.0 Å². The van der Waals surface area contributed by atoms with Crippen molar-refractivity contribution >= 4 is 47.2 Å². The Bertz CT molecular complexity index is 549. The van der Waals surface area contributed by atoms with Crippen LogP contribution in [0.3, 0.4) is 0 Å². The number of thiophene rings is 1. The molecule has 0 bridgehead atoms. The molecule has 0 aliphatic carbocycles. The van der Waals surface area contributed by atoms with Crippen molar-refractivity contribution in [2.45, 2.75) is 25.3 Å². The number of nitrogens with one attached hydrogen (secondary N) is 1. The summed E-state index contributed by atoms with van der Waals surface area (Å²) < 4.78 is 0. The van der Waals surface area contributed by atoms with Crippen LogP contribution in [-0.4, -0.2) is 62.4 Å². The number of hydrogen-bond acceptors (Lipinski definition) is 4. The van der Waals surface area contributed by atoms with Gasteiger partial charge in [0.25, 0.3) is 0 Å². The molecular weight excluding hydrogens is 449 g/mol. The van der Waals surface area contributed by atoms with Crippen molar-refractivity contribution in [2.75, 3.05) is 40.8 Å². The van der Waals surface area contributed by atoms with E-state index >= 15 is 0 Å². The number of primary amides is 1. The van der Waals surface area contributed by atoms with Gasteiger partial charge in [-0.2, -0.15) is 0 Å². The second-order valence-corrected chi connectivity index (χ2v) is 7.53. The molecule has 0 saturated carbocycles. The van der Waals surface area contributed by atoms with E-state index in [-0.39, 0.29) is 29.9 Å². The molecule has 0 spiro atoms. The molecule has 2 rings (SSSR count). The van der Waals surface area contributed by atoms with Gasteiger partial charge in [-0.05, 0) is 44.3 Å². The molecular formula is C17H30IN5OS. The maximum absolute atomic E-state index is 11.2. The summed E-state index contributed by atoms with van der Waals surface area (Å²) in [6, 6.07) is 4.57. The minimum absolute atomic E-state index is 0. The Morgan fingerprint density at radius 2 is 2.32 bits per heavy atom. The molecule has 0 radical (unpaired) electrons. The Balaban J connectivity index is 0.00000312. The molecule has 1 saturated heterocycles. The predicted octanol–water partition coefficient (Wildman–Crippen LogP) is 2.13. The maximum atomic E-state index is 11.2. The zero-order valence-electron chi connectivity index (χ0n) is 15.3. The molecule has 2 unspecified atom stereocenters. The van der Waals surface area contributed by atoms with E-state index in [1.807, 2.05) is 7.05 Å². The highest BCUT2D eigenvalue weighted by molar-refractivity contribution is 14.0. The standard InChI is InChI=1S/C17H29N5OS.HI/c1-19-17(22-8-4-6-13(12-22)10-16(18)23)20-11-14(21(2)3)15-7-5-9-24-15;/h5,7,9,13-14H,4,6,8,10-12H2,1-3H3,(H2,18,23)(H,19,20);1H. The number of hydrogen-bond donors (Lipinski definition) is 2. The molecule has 1 fully saturated rings. The topological polar surface area (TPSA) is 74.0 Å². The highest BCUT2D eigenvalue weighted by Gasteiger charge is 2.24. The average molecular weight is 479 g/mol. The van der Waals surface area contributed by atoms with Crippen LogP contribution < -0.4 is 11.1 Å². The number of rotatable bonds is 6. The van der Waals surface area contributed by atoms with Gasteiger partial charge < -0.3 is 20.9 Å². The summed E-state index contributed by atoms with van der Waals surface area (Å²) in [6.07, 6.45) is 2.59. The molecule has 1 aliphatic heterocycles. The molecule has 142 valence electrons. The summed E-state index contributed by atoms with van der Waals surface area (Å²) >= 11 is 1.77. The zero-order chi connectivity index (χ0) is 17.5. The normalized spacial score (nSPS) is 19.4. The Kier molecular flexibility index (Phi) is 9.73. The second-order valence-electron chi connectivity index (χ2n) is 6.55. The fourth-order valence-corrected chi connectivity index (χ4v) is 4.17. The van der Waals surface area contributed by atoms with Crippen LogP contribution in [0.15, 0.2) is 22.5 Å². The monoisotopic (exact) mass is 479 g/mol. The van der Waals surface area contributed by atoms with Gasteiger partial charge >= 0.3 is 0 Å². The lowest BCUT2D eigenvalue weighted by Crippen LogP contribution is -2.48. The number of likely N-dealkylation sites (N-methyl/N-ethyl adjacent to an activating group) is 1. The summed E-state index contributed by atoms with van der Waals surface area (Å²) in [5, 5.41) is 5.62. The molecule has 2 heterocycles. The van der Waals surface area contributed by atoms with Crippen molar-refractivity contribution in [1.29, 1.82) is 0 Å². The van der Waals surface area contributed by atoms with Crippen LogP contribution in [0.25, 0.3) is 0 Å². The van der Waals surface area contributed by atoms with E-state index in [0.717, 1.165) is 38.4 Å². The molecule has 25 heavy (non-hydrogen) atoms. The molecule has 3 N–H and O–H groups in total. The van der Waals surface area contributed by atoms with Gasteiger partial charge in [0.1, 0.15) is 0 Å². The number of nitrogens with two attached hydrogens (primary N) is 1. The molecule has 1 aromatic heterocycles. The van der Waals surface area contributed by atoms with Crippen molar-refractivity contribution in [3.63, 3.8) is 0 Å². The molecule has 8 heteroatoms. The van der Waals surface area contributed by atoms with Crippen LogP contribution in [0.1, 0.15) is 30.2 Å². The van der Waals surface area contributed by atoms with Crippen LogP contribution in [0.2, 0.25) is 0 Å². The average Bonchev–Trinajstić information content (AvgIpc) is 3.05. The number of carbonyl (C=O) groups is 1. The van der Waals surface area contributed by atoms with Crippen molar-refractivity contribution in [3.8, 4) is 0 Å². The number of likely N-dealkylation sites (tertiary alicyclic amines) is 1. The number of aliphatic imine (C=N–C) groups is 1. The Labute approximate surface area is 171 Å². The number of nitrogens with zero attached hydrogens (tertiary/aromatic N) is 3. The lowest BCUT2D eigenvalue weighted by molar-refractivity contribution is -0.119. The van der Waals surface area contributed by atoms with Crippen LogP contribution >= 0.6 is 35.3 Å². The van der Waals surface area contributed by atoms with E-state index in [1.165, 1.54) is 4.88 Å². The van der Waals surface area contributed by atoms with Gasteiger partial charge in [-0.25, -0.2) is 0 Å². The van der Waals surface area contributed by atoms with Crippen LogP contribution in [-0.2, 0) is 4.79 Å². The van der Waals surface area contributed by atoms with Crippen LogP contribution in [0.4, 0.5) is 0 Å². The number of carbonyl (C=O) groups excluding carboxylic acids is 1. The minimum atomic E-state index is -0.213. The van der Waals surface area contributed by atoms with Crippen molar-refractivity contribution in [2.24, 2.45) is 16.6 Å².